The van der Waals surface area contributed by atoms with E-state index < -0.39 is 5.82 Å². The van der Waals surface area contributed by atoms with Gasteiger partial charge in [0.25, 0.3) is 5.91 Å². The fraction of sp³-hybridized carbons (Fsp3) is 0.348. The van der Waals surface area contributed by atoms with Crippen molar-refractivity contribution in [3.63, 3.8) is 0 Å². The first-order valence-electron chi connectivity index (χ1n) is 9.74. The Morgan fingerprint density at radius 3 is 2.13 bits per heavy atom. The average molecular weight is 413 g/mol. The Hall–Kier alpha value is -3.22. The van der Waals surface area contributed by atoms with Gasteiger partial charge in [-0.25, -0.2) is 4.39 Å². The molecule has 2 aromatic rings. The second-order valence-corrected chi connectivity index (χ2v) is 8.14. The van der Waals surface area contributed by atoms with Crippen molar-refractivity contribution in [2.24, 2.45) is 0 Å². The van der Waals surface area contributed by atoms with Crippen LogP contribution in [0, 0.1) is 5.82 Å². The lowest BCUT2D eigenvalue weighted by molar-refractivity contribution is -0.133. The zero-order valence-corrected chi connectivity index (χ0v) is 17.8. The fourth-order valence-corrected chi connectivity index (χ4v) is 2.73. The first kappa shape index (κ1) is 23.1. The summed E-state index contributed by atoms with van der Waals surface area (Å²) in [5.41, 5.74) is 2.12. The number of likely N-dealkylation sites (N-methyl/N-ethyl adjacent to an activating group) is 1. The fourth-order valence-electron chi connectivity index (χ4n) is 2.73. The zero-order valence-electron chi connectivity index (χ0n) is 17.8. The molecule has 0 aliphatic rings. The molecule has 2 aromatic carbocycles. The third-order valence-corrected chi connectivity index (χ3v) is 4.57. The molecule has 0 atom stereocenters. The molecule has 0 spiro atoms. The van der Waals surface area contributed by atoms with Gasteiger partial charge in [-0.05, 0) is 47.4 Å². The minimum atomic E-state index is -0.396. The topological polar surface area (TPSA) is 78.5 Å². The SMILES string of the molecule is CN(CC(=O)Nc1ccc(F)cc1)C(=O)CCNC(=O)c1ccc(C(C)(C)C)cc1. The highest BCUT2D eigenvalue weighted by Gasteiger charge is 2.16. The van der Waals surface area contributed by atoms with Gasteiger partial charge < -0.3 is 15.5 Å². The molecule has 0 aliphatic heterocycles. The number of benzene rings is 2. The lowest BCUT2D eigenvalue weighted by Crippen LogP contribution is -2.37. The molecule has 6 nitrogen and oxygen atoms in total. The molecule has 0 bridgehead atoms. The van der Waals surface area contributed by atoms with E-state index >= 15 is 0 Å². The Bertz CT molecular complexity index is 887. The number of anilines is 1. The van der Waals surface area contributed by atoms with Crippen LogP contribution >= 0.6 is 0 Å². The molecule has 0 saturated carbocycles. The van der Waals surface area contributed by atoms with E-state index in [-0.39, 0.29) is 42.6 Å². The summed E-state index contributed by atoms with van der Waals surface area (Å²) in [4.78, 5) is 37.7. The smallest absolute Gasteiger partial charge is 0.251 e. The molecule has 160 valence electrons. The van der Waals surface area contributed by atoms with Gasteiger partial charge in [0, 0.05) is 31.3 Å². The number of carbonyl (C=O) groups is 3. The van der Waals surface area contributed by atoms with E-state index in [1.54, 1.807) is 12.1 Å². The van der Waals surface area contributed by atoms with E-state index in [4.69, 9.17) is 0 Å². The number of amides is 3. The van der Waals surface area contributed by atoms with Crippen LogP contribution in [0.2, 0.25) is 0 Å². The van der Waals surface area contributed by atoms with Gasteiger partial charge >= 0.3 is 0 Å². The van der Waals surface area contributed by atoms with Crippen LogP contribution in [0.5, 0.6) is 0 Å². The van der Waals surface area contributed by atoms with Crippen LogP contribution < -0.4 is 10.6 Å². The normalized spacial score (nSPS) is 11.0. The Labute approximate surface area is 176 Å². The molecule has 7 heteroatoms. The van der Waals surface area contributed by atoms with Crippen molar-refractivity contribution < 1.29 is 18.8 Å². The van der Waals surface area contributed by atoms with Gasteiger partial charge in [-0.3, -0.25) is 14.4 Å². The maximum absolute atomic E-state index is 12.9. The molecule has 30 heavy (non-hydrogen) atoms. The third-order valence-electron chi connectivity index (χ3n) is 4.57. The van der Waals surface area contributed by atoms with Gasteiger partial charge in [0.05, 0.1) is 6.54 Å². The van der Waals surface area contributed by atoms with Crippen molar-refractivity contribution in [1.82, 2.24) is 10.2 Å². The van der Waals surface area contributed by atoms with Crippen molar-refractivity contribution in [2.75, 3.05) is 25.5 Å². The van der Waals surface area contributed by atoms with Gasteiger partial charge in [-0.1, -0.05) is 32.9 Å². The molecule has 0 heterocycles. The Kier molecular flexibility index (Phi) is 7.69. The standard InChI is InChI=1S/C23H28FN3O3/c1-23(2,3)17-7-5-16(6-8-17)22(30)25-14-13-21(29)27(4)15-20(28)26-19-11-9-18(24)10-12-19/h5-12H,13-15H2,1-4H3,(H,25,30)(H,26,28). The molecule has 2 rings (SSSR count). The van der Waals surface area contributed by atoms with Crippen molar-refractivity contribution in [2.45, 2.75) is 32.6 Å². The Morgan fingerprint density at radius 2 is 1.57 bits per heavy atom. The van der Waals surface area contributed by atoms with Crippen molar-refractivity contribution in [3.05, 3.63) is 65.5 Å². The Morgan fingerprint density at radius 1 is 0.967 bits per heavy atom. The minimum Gasteiger partial charge on any atom is -0.352 e. The van der Waals surface area contributed by atoms with Gasteiger partial charge in [-0.15, -0.1) is 0 Å². The first-order chi connectivity index (χ1) is 14.1. The monoisotopic (exact) mass is 413 g/mol. The lowest BCUT2D eigenvalue weighted by atomic mass is 9.87. The predicted molar refractivity (Wildman–Crippen MR) is 115 cm³/mol. The van der Waals surface area contributed by atoms with E-state index in [1.165, 1.54) is 36.2 Å². The molecule has 0 saturated heterocycles. The molecule has 2 N–H and O–H groups in total. The number of nitrogens with zero attached hydrogens (tertiary/aromatic N) is 1. The molecule has 0 fully saturated rings. The lowest BCUT2D eigenvalue weighted by Gasteiger charge is -2.19. The minimum absolute atomic E-state index is 0.00893. The molecule has 0 radical (unpaired) electrons. The van der Waals surface area contributed by atoms with E-state index in [1.807, 2.05) is 12.1 Å². The maximum Gasteiger partial charge on any atom is 0.251 e. The van der Waals surface area contributed by atoms with Crippen LogP contribution in [0.3, 0.4) is 0 Å². The highest BCUT2D eigenvalue weighted by molar-refractivity contribution is 5.95. The van der Waals surface area contributed by atoms with E-state index in [0.717, 1.165) is 5.56 Å². The molecule has 0 aromatic heterocycles. The average Bonchev–Trinajstić information content (AvgIpc) is 2.68. The number of carbonyl (C=O) groups excluding carboxylic acids is 3. The second kappa shape index (κ2) is 10.0. The summed E-state index contributed by atoms with van der Waals surface area (Å²) in [7, 11) is 1.51. The quantitative estimate of drug-likeness (QED) is 0.731. The molecule has 3 amide bonds. The summed E-state index contributed by atoms with van der Waals surface area (Å²) < 4.78 is 12.9. The maximum atomic E-state index is 12.9. The van der Waals surface area contributed by atoms with Crippen molar-refractivity contribution in [3.8, 4) is 0 Å². The Balaban J connectivity index is 1.75. The number of hydrogen-bond donors (Lipinski definition) is 2. The number of nitrogens with one attached hydrogen (secondary N) is 2. The summed E-state index contributed by atoms with van der Waals surface area (Å²) in [5, 5.41) is 5.32. The molecular weight excluding hydrogens is 385 g/mol. The summed E-state index contributed by atoms with van der Waals surface area (Å²) >= 11 is 0. The van der Waals surface area contributed by atoms with Crippen molar-refractivity contribution >= 4 is 23.4 Å². The summed E-state index contributed by atoms with van der Waals surface area (Å²) in [6.45, 7) is 6.33. The number of rotatable bonds is 7. The second-order valence-electron chi connectivity index (χ2n) is 8.14. The molecule has 0 aliphatic carbocycles. The highest BCUT2D eigenvalue weighted by atomic mass is 19.1. The van der Waals surface area contributed by atoms with E-state index in [0.29, 0.717) is 11.3 Å². The molecule has 0 unspecified atom stereocenters. The number of hydrogen-bond acceptors (Lipinski definition) is 3. The molecular formula is C23H28FN3O3. The van der Waals surface area contributed by atoms with E-state index in [9.17, 15) is 18.8 Å². The first-order valence-corrected chi connectivity index (χ1v) is 9.74. The largest absolute Gasteiger partial charge is 0.352 e. The van der Waals surface area contributed by atoms with Gasteiger partial charge in [0.2, 0.25) is 11.8 Å². The van der Waals surface area contributed by atoms with Crippen LogP contribution in [0.15, 0.2) is 48.5 Å². The van der Waals surface area contributed by atoms with Crippen LogP contribution in [-0.2, 0) is 15.0 Å². The van der Waals surface area contributed by atoms with Crippen LogP contribution in [0.1, 0.15) is 43.1 Å². The van der Waals surface area contributed by atoms with Gasteiger partial charge in [0.1, 0.15) is 5.82 Å². The van der Waals surface area contributed by atoms with Crippen LogP contribution in [-0.4, -0.2) is 42.8 Å². The predicted octanol–water partition coefficient (Wildman–Crippen LogP) is 3.34. The highest BCUT2D eigenvalue weighted by Crippen LogP contribution is 2.22. The third kappa shape index (κ3) is 6.99. The van der Waals surface area contributed by atoms with Crippen LogP contribution in [0.4, 0.5) is 10.1 Å². The van der Waals surface area contributed by atoms with Crippen molar-refractivity contribution in [1.29, 1.82) is 0 Å². The summed E-state index contributed by atoms with van der Waals surface area (Å²) in [6.07, 6.45) is 0.0755. The van der Waals surface area contributed by atoms with Crippen LogP contribution in [0.25, 0.3) is 0 Å². The zero-order chi connectivity index (χ0) is 22.3. The van der Waals surface area contributed by atoms with E-state index in [2.05, 4.69) is 31.4 Å². The number of halogens is 1. The van der Waals surface area contributed by atoms with Gasteiger partial charge in [-0.2, -0.15) is 0 Å². The summed E-state index contributed by atoms with van der Waals surface area (Å²) in [6, 6.07) is 12.7. The van der Waals surface area contributed by atoms with Gasteiger partial charge in [0.15, 0.2) is 0 Å². The summed E-state index contributed by atoms with van der Waals surface area (Å²) in [5.74, 6) is -1.31.